The molecule has 2 N–H and O–H groups in total. The van der Waals surface area contributed by atoms with Gasteiger partial charge in [-0.3, -0.25) is 0 Å². The highest BCUT2D eigenvalue weighted by molar-refractivity contribution is 7.99. The van der Waals surface area contributed by atoms with Crippen LogP contribution in [0.3, 0.4) is 0 Å². The lowest BCUT2D eigenvalue weighted by molar-refractivity contribution is -0.119. The summed E-state index contributed by atoms with van der Waals surface area (Å²) in [7, 11) is 1.62. The molecule has 0 unspecified atom stereocenters. The van der Waals surface area contributed by atoms with Crippen molar-refractivity contribution in [2.75, 3.05) is 36.9 Å². The summed E-state index contributed by atoms with van der Waals surface area (Å²) < 4.78 is 10.7. The molecule has 6 heteroatoms. The average Bonchev–Trinajstić information content (AvgIpc) is 2.45. The molecule has 0 aromatic rings. The Morgan fingerprint density at radius 2 is 1.84 bits per heavy atom. The van der Waals surface area contributed by atoms with Crippen LogP contribution in [-0.4, -0.2) is 65.4 Å². The molecule has 0 radical (unpaired) electrons. The lowest BCUT2D eigenvalue weighted by atomic mass is 9.84. The molecule has 2 rings (SSSR count). The van der Waals surface area contributed by atoms with Gasteiger partial charge in [-0.05, 0) is 24.3 Å². The largest absolute Gasteiger partial charge is 0.393 e. The smallest absolute Gasteiger partial charge is 0.146 e. The van der Waals surface area contributed by atoms with Crippen molar-refractivity contribution in [3.63, 3.8) is 0 Å². The molecule has 112 valence electrons. The van der Waals surface area contributed by atoms with Crippen LogP contribution in [0.25, 0.3) is 0 Å². The number of aliphatic hydroxyl groups excluding tert-OH is 2. The highest BCUT2D eigenvalue weighted by Crippen LogP contribution is 2.35. The summed E-state index contributed by atoms with van der Waals surface area (Å²) >= 11 is 3.69. The van der Waals surface area contributed by atoms with Crippen molar-refractivity contribution in [1.82, 2.24) is 0 Å². The molecule has 0 saturated carbocycles. The van der Waals surface area contributed by atoms with Gasteiger partial charge in [-0.15, -0.1) is 0 Å². The van der Waals surface area contributed by atoms with E-state index < -0.39 is 6.10 Å². The van der Waals surface area contributed by atoms with Gasteiger partial charge in [-0.25, -0.2) is 0 Å². The molecule has 0 spiro atoms. The molecule has 0 amide bonds. The minimum absolute atomic E-state index is 0.0175. The number of ether oxygens (including phenoxy) is 2. The van der Waals surface area contributed by atoms with E-state index in [2.05, 4.69) is 0 Å². The summed E-state index contributed by atoms with van der Waals surface area (Å²) in [4.78, 5) is 0. The molecule has 2 saturated heterocycles. The third-order valence-corrected chi connectivity index (χ3v) is 6.26. The van der Waals surface area contributed by atoms with Gasteiger partial charge in [0.15, 0.2) is 0 Å². The second-order valence-corrected chi connectivity index (χ2v) is 7.52. The average molecular weight is 308 g/mol. The molecule has 2 aliphatic heterocycles. The van der Waals surface area contributed by atoms with Crippen LogP contribution < -0.4 is 0 Å². The minimum atomic E-state index is -0.475. The van der Waals surface area contributed by atoms with Gasteiger partial charge in [-0.1, -0.05) is 0 Å². The Hall–Kier alpha value is 0.540. The maximum Gasteiger partial charge on any atom is 0.146 e. The molecule has 0 aromatic heterocycles. The topological polar surface area (TPSA) is 58.9 Å². The maximum absolute atomic E-state index is 10.6. The zero-order chi connectivity index (χ0) is 13.7. The summed E-state index contributed by atoms with van der Waals surface area (Å²) in [5, 5.41) is 20.7. The first-order chi connectivity index (χ1) is 9.24. The van der Waals surface area contributed by atoms with Crippen LogP contribution in [0.1, 0.15) is 12.8 Å². The Labute approximate surface area is 123 Å². The second kappa shape index (κ2) is 8.10. The number of methoxy groups -OCH3 is 1. The Kier molecular flexibility index (Phi) is 6.79. The van der Waals surface area contributed by atoms with Crippen molar-refractivity contribution in [3.8, 4) is 0 Å². The van der Waals surface area contributed by atoms with E-state index in [0.717, 1.165) is 35.9 Å². The van der Waals surface area contributed by atoms with Crippen molar-refractivity contribution < 1.29 is 19.7 Å². The Bertz CT molecular complexity index is 267. The predicted molar refractivity (Wildman–Crippen MR) is 79.6 cm³/mol. The normalized spacial score (nSPS) is 38.1. The van der Waals surface area contributed by atoms with Crippen molar-refractivity contribution >= 4 is 23.5 Å². The van der Waals surface area contributed by atoms with Crippen LogP contribution in [0.4, 0.5) is 0 Å². The zero-order valence-corrected chi connectivity index (χ0v) is 13.0. The number of hydrogen-bond acceptors (Lipinski definition) is 6. The van der Waals surface area contributed by atoms with E-state index in [4.69, 9.17) is 9.47 Å². The van der Waals surface area contributed by atoms with Crippen molar-refractivity contribution in [3.05, 3.63) is 0 Å². The lowest BCUT2D eigenvalue weighted by Crippen LogP contribution is -2.47. The van der Waals surface area contributed by atoms with E-state index in [1.54, 1.807) is 7.11 Å². The van der Waals surface area contributed by atoms with Crippen molar-refractivity contribution in [1.29, 1.82) is 0 Å². The van der Waals surface area contributed by atoms with Gasteiger partial charge in [0.1, 0.15) is 6.79 Å². The van der Waals surface area contributed by atoms with Crippen molar-refractivity contribution in [2.45, 2.75) is 31.2 Å². The quantitative estimate of drug-likeness (QED) is 0.745. The van der Waals surface area contributed by atoms with Gasteiger partial charge in [-0.2, -0.15) is 23.5 Å². The second-order valence-electron chi connectivity index (χ2n) is 5.22. The van der Waals surface area contributed by atoms with Gasteiger partial charge in [0.25, 0.3) is 0 Å². The molecule has 2 aliphatic rings. The SMILES string of the molecule is COCO[C@@H]1CCSC[C@@H]1[C@@H](O)[C@@H]1CSCC[C@@H]1O. The molecule has 19 heavy (non-hydrogen) atoms. The van der Waals surface area contributed by atoms with E-state index in [0.29, 0.717) is 0 Å². The van der Waals surface area contributed by atoms with E-state index in [-0.39, 0.29) is 30.8 Å². The van der Waals surface area contributed by atoms with Crippen LogP contribution in [0.5, 0.6) is 0 Å². The molecule has 0 aliphatic carbocycles. The third kappa shape index (κ3) is 4.25. The van der Waals surface area contributed by atoms with Gasteiger partial charge in [0, 0.05) is 30.5 Å². The Morgan fingerprint density at radius 1 is 1.16 bits per heavy atom. The van der Waals surface area contributed by atoms with Crippen LogP contribution in [0.15, 0.2) is 0 Å². The van der Waals surface area contributed by atoms with E-state index in [9.17, 15) is 10.2 Å². The Balaban J connectivity index is 1.95. The van der Waals surface area contributed by atoms with Crippen LogP contribution in [0, 0.1) is 11.8 Å². The van der Waals surface area contributed by atoms with E-state index in [1.165, 1.54) is 0 Å². The van der Waals surface area contributed by atoms with Crippen LogP contribution in [0.2, 0.25) is 0 Å². The first-order valence-electron chi connectivity index (χ1n) is 6.86. The van der Waals surface area contributed by atoms with E-state index in [1.807, 2.05) is 23.5 Å². The zero-order valence-electron chi connectivity index (χ0n) is 11.4. The fourth-order valence-corrected chi connectivity index (χ4v) is 5.33. The number of hydrogen-bond donors (Lipinski definition) is 2. The monoisotopic (exact) mass is 308 g/mol. The molecule has 0 aromatic carbocycles. The fourth-order valence-electron chi connectivity index (χ4n) is 2.81. The van der Waals surface area contributed by atoms with E-state index >= 15 is 0 Å². The standard InChI is InChI=1S/C13H24O4S2/c1-16-8-17-12-3-5-19-7-10(12)13(15)9-6-18-4-2-11(9)14/h9-15H,2-8H2,1H3/t9-,10+,11+,12-,13+/m1/s1. The van der Waals surface area contributed by atoms with Crippen LogP contribution in [-0.2, 0) is 9.47 Å². The number of aliphatic hydroxyl groups is 2. The highest BCUT2D eigenvalue weighted by atomic mass is 32.2. The molecular weight excluding hydrogens is 284 g/mol. The molecule has 2 heterocycles. The predicted octanol–water partition coefficient (Wildman–Crippen LogP) is 1.20. The highest BCUT2D eigenvalue weighted by Gasteiger charge is 2.39. The molecule has 5 atom stereocenters. The van der Waals surface area contributed by atoms with Gasteiger partial charge in [0.05, 0.1) is 18.3 Å². The fraction of sp³-hybridized carbons (Fsp3) is 1.00. The minimum Gasteiger partial charge on any atom is -0.393 e. The number of rotatable bonds is 5. The molecule has 4 nitrogen and oxygen atoms in total. The van der Waals surface area contributed by atoms with Crippen LogP contribution >= 0.6 is 23.5 Å². The molecule has 2 fully saturated rings. The molecular formula is C13H24O4S2. The molecule has 0 bridgehead atoms. The first kappa shape index (κ1) is 15.9. The summed E-state index contributed by atoms with van der Waals surface area (Å²) in [6, 6.07) is 0. The summed E-state index contributed by atoms with van der Waals surface area (Å²) in [5.74, 6) is 3.90. The summed E-state index contributed by atoms with van der Waals surface area (Å²) in [5.41, 5.74) is 0. The van der Waals surface area contributed by atoms with Crippen molar-refractivity contribution in [2.24, 2.45) is 11.8 Å². The summed E-state index contributed by atoms with van der Waals surface area (Å²) in [6.07, 6.45) is 0.945. The Morgan fingerprint density at radius 3 is 2.53 bits per heavy atom. The first-order valence-corrected chi connectivity index (χ1v) is 9.17. The number of thioether (sulfide) groups is 2. The van der Waals surface area contributed by atoms with Gasteiger partial charge in [0.2, 0.25) is 0 Å². The van der Waals surface area contributed by atoms with Gasteiger partial charge < -0.3 is 19.7 Å². The summed E-state index contributed by atoms with van der Waals surface area (Å²) in [6.45, 7) is 0.278. The maximum atomic E-state index is 10.6. The van der Waals surface area contributed by atoms with Gasteiger partial charge >= 0.3 is 0 Å². The third-order valence-electron chi connectivity index (χ3n) is 3.97. The lowest BCUT2D eigenvalue weighted by Gasteiger charge is -2.40.